The van der Waals surface area contributed by atoms with Gasteiger partial charge in [0.25, 0.3) is 0 Å². The van der Waals surface area contributed by atoms with Crippen LogP contribution in [-0.2, 0) is 11.3 Å². The van der Waals surface area contributed by atoms with Crippen LogP contribution in [0.15, 0.2) is 30.3 Å². The van der Waals surface area contributed by atoms with Crippen LogP contribution in [0.1, 0.15) is 24.8 Å². The van der Waals surface area contributed by atoms with Gasteiger partial charge in [0.05, 0.1) is 25.2 Å². The lowest BCUT2D eigenvalue weighted by Crippen LogP contribution is -2.23. The van der Waals surface area contributed by atoms with Gasteiger partial charge in [0.15, 0.2) is 0 Å². The number of nitriles is 1. The van der Waals surface area contributed by atoms with E-state index in [1.165, 1.54) is 0 Å². The van der Waals surface area contributed by atoms with Crippen molar-refractivity contribution in [2.24, 2.45) is 5.92 Å². The zero-order chi connectivity index (χ0) is 13.9. The van der Waals surface area contributed by atoms with E-state index < -0.39 is 6.10 Å². The summed E-state index contributed by atoms with van der Waals surface area (Å²) in [5.74, 6) is -0.236. The van der Waals surface area contributed by atoms with Gasteiger partial charge in [-0.3, -0.25) is 0 Å². The van der Waals surface area contributed by atoms with Gasteiger partial charge in [-0.1, -0.05) is 30.3 Å². The molecule has 2 atom stereocenters. The third-order valence-electron chi connectivity index (χ3n) is 3.05. The highest BCUT2D eigenvalue weighted by Crippen LogP contribution is 2.14. The Balaban J connectivity index is 2.14. The fourth-order valence-electron chi connectivity index (χ4n) is 1.88. The maximum absolute atomic E-state index is 9.62. The van der Waals surface area contributed by atoms with Crippen molar-refractivity contribution in [3.8, 4) is 6.07 Å². The molecule has 0 heterocycles. The van der Waals surface area contributed by atoms with Crippen LogP contribution in [0, 0.1) is 17.2 Å². The summed E-state index contributed by atoms with van der Waals surface area (Å²) >= 11 is 0. The monoisotopic (exact) mass is 263 g/mol. The minimum atomic E-state index is -0.746. The highest BCUT2D eigenvalue weighted by atomic mass is 16.5. The summed E-state index contributed by atoms with van der Waals surface area (Å²) in [7, 11) is 0. The summed E-state index contributed by atoms with van der Waals surface area (Å²) in [6, 6.07) is 11.8. The van der Waals surface area contributed by atoms with Gasteiger partial charge in [0.1, 0.15) is 0 Å². The lowest BCUT2D eigenvalue weighted by atomic mass is 9.96. The van der Waals surface area contributed by atoms with Gasteiger partial charge >= 0.3 is 0 Å². The molecule has 4 nitrogen and oxygen atoms in total. The number of hydrogen-bond acceptors (Lipinski definition) is 4. The topological polar surface area (TPSA) is 73.5 Å². The van der Waals surface area contributed by atoms with Crippen LogP contribution in [0.25, 0.3) is 0 Å². The van der Waals surface area contributed by atoms with Gasteiger partial charge in [0.2, 0.25) is 0 Å². The Kier molecular flexibility index (Phi) is 7.83. The quantitative estimate of drug-likeness (QED) is 0.667. The molecule has 1 rings (SSSR count). The smallest absolute Gasteiger partial charge is 0.0720 e. The second kappa shape index (κ2) is 9.51. The van der Waals surface area contributed by atoms with Crippen LogP contribution >= 0.6 is 0 Å². The van der Waals surface area contributed by atoms with Gasteiger partial charge in [-0.15, -0.1) is 0 Å². The second-order valence-corrected chi connectivity index (χ2v) is 4.55. The fraction of sp³-hybridized carbons (Fsp3) is 0.533. The van der Waals surface area contributed by atoms with E-state index >= 15 is 0 Å². The molecule has 0 aliphatic heterocycles. The Hall–Kier alpha value is -1.41. The predicted octanol–water partition coefficient (Wildman–Crippen LogP) is 1.87. The van der Waals surface area contributed by atoms with Crippen LogP contribution in [0.3, 0.4) is 0 Å². The van der Waals surface area contributed by atoms with Gasteiger partial charge in [-0.25, -0.2) is 0 Å². The summed E-state index contributed by atoms with van der Waals surface area (Å²) in [5.41, 5.74) is 1.13. The lowest BCUT2D eigenvalue weighted by molar-refractivity contribution is 0.0535. The summed E-state index contributed by atoms with van der Waals surface area (Å²) in [6.45, 7) is 1.07. The molecule has 1 aromatic rings. The predicted molar refractivity (Wildman–Crippen MR) is 72.1 cm³/mol. The third-order valence-corrected chi connectivity index (χ3v) is 3.05. The van der Waals surface area contributed by atoms with Crippen LogP contribution < -0.4 is 0 Å². The van der Waals surface area contributed by atoms with E-state index in [0.29, 0.717) is 19.6 Å². The van der Waals surface area contributed by atoms with Crippen LogP contribution in [0.4, 0.5) is 0 Å². The maximum atomic E-state index is 9.62. The van der Waals surface area contributed by atoms with Crippen molar-refractivity contribution in [2.75, 3.05) is 13.2 Å². The van der Waals surface area contributed by atoms with Crippen molar-refractivity contribution in [1.29, 1.82) is 5.26 Å². The van der Waals surface area contributed by atoms with Crippen LogP contribution in [-0.4, -0.2) is 29.5 Å². The van der Waals surface area contributed by atoms with Gasteiger partial charge in [-0.2, -0.15) is 5.26 Å². The summed E-state index contributed by atoms with van der Waals surface area (Å²) in [6.07, 6.45) is 0.745. The molecule has 0 unspecified atom stereocenters. The van der Waals surface area contributed by atoms with Crippen LogP contribution in [0.5, 0.6) is 0 Å². The number of rotatable bonds is 9. The number of nitrogens with zero attached hydrogens (tertiary/aromatic N) is 1. The van der Waals surface area contributed by atoms with Gasteiger partial charge < -0.3 is 14.9 Å². The first-order valence-corrected chi connectivity index (χ1v) is 6.55. The van der Waals surface area contributed by atoms with Crippen molar-refractivity contribution < 1.29 is 14.9 Å². The summed E-state index contributed by atoms with van der Waals surface area (Å²) in [4.78, 5) is 0. The Bertz CT molecular complexity index is 375. The molecular weight excluding hydrogens is 242 g/mol. The Morgan fingerprint density at radius 2 is 2.00 bits per heavy atom. The van der Waals surface area contributed by atoms with Gasteiger partial charge in [-0.05, 0) is 18.4 Å². The molecule has 0 bridgehead atoms. The number of benzene rings is 1. The average molecular weight is 263 g/mol. The Morgan fingerprint density at radius 1 is 1.26 bits per heavy atom. The molecule has 0 aliphatic carbocycles. The Morgan fingerprint density at radius 3 is 2.63 bits per heavy atom. The molecule has 0 radical (unpaired) electrons. The molecule has 0 fully saturated rings. The number of ether oxygens (including phenoxy) is 1. The largest absolute Gasteiger partial charge is 0.396 e. The molecule has 104 valence electrons. The highest BCUT2D eigenvalue weighted by Gasteiger charge is 2.17. The first-order chi connectivity index (χ1) is 9.27. The summed E-state index contributed by atoms with van der Waals surface area (Å²) < 4.78 is 5.53. The molecule has 0 aromatic heterocycles. The highest BCUT2D eigenvalue weighted by molar-refractivity contribution is 5.13. The third kappa shape index (κ3) is 6.35. The first kappa shape index (κ1) is 15.6. The molecular formula is C15H21NO3. The molecule has 0 saturated carbocycles. The Labute approximate surface area is 114 Å². The molecule has 0 spiro atoms. The van der Waals surface area contributed by atoms with E-state index in [1.54, 1.807) is 0 Å². The minimum absolute atomic E-state index is 0.0656. The van der Waals surface area contributed by atoms with E-state index in [9.17, 15) is 5.11 Å². The fourth-order valence-corrected chi connectivity index (χ4v) is 1.88. The zero-order valence-corrected chi connectivity index (χ0v) is 11.0. The van der Waals surface area contributed by atoms with Crippen molar-refractivity contribution in [3.63, 3.8) is 0 Å². The van der Waals surface area contributed by atoms with Crippen molar-refractivity contribution in [2.45, 2.75) is 32.0 Å². The number of aliphatic hydroxyl groups is 2. The van der Waals surface area contributed by atoms with E-state index in [2.05, 4.69) is 0 Å². The summed E-state index contributed by atoms with van der Waals surface area (Å²) in [5, 5.41) is 27.3. The normalized spacial score (nSPS) is 13.7. The maximum Gasteiger partial charge on any atom is 0.0720 e. The molecule has 2 N–H and O–H groups in total. The van der Waals surface area contributed by atoms with Crippen molar-refractivity contribution in [1.82, 2.24) is 0 Å². The first-order valence-electron chi connectivity index (χ1n) is 6.55. The lowest BCUT2D eigenvalue weighted by Gasteiger charge is -2.18. The molecule has 4 heteroatoms. The average Bonchev–Trinajstić information content (AvgIpc) is 2.44. The minimum Gasteiger partial charge on any atom is -0.396 e. The van der Waals surface area contributed by atoms with E-state index in [0.717, 1.165) is 12.0 Å². The molecule has 19 heavy (non-hydrogen) atoms. The van der Waals surface area contributed by atoms with E-state index in [4.69, 9.17) is 15.1 Å². The van der Waals surface area contributed by atoms with Crippen molar-refractivity contribution in [3.05, 3.63) is 35.9 Å². The molecule has 0 aliphatic rings. The van der Waals surface area contributed by atoms with E-state index in [1.807, 2.05) is 36.4 Å². The molecule has 0 saturated heterocycles. The van der Waals surface area contributed by atoms with Gasteiger partial charge in [0, 0.05) is 19.1 Å². The van der Waals surface area contributed by atoms with Crippen LogP contribution in [0.2, 0.25) is 0 Å². The SMILES string of the molecule is N#CC[C@@H](O)[C@H](CO)CCCOCc1ccccc1. The molecule has 0 amide bonds. The molecule has 1 aromatic carbocycles. The van der Waals surface area contributed by atoms with Crippen molar-refractivity contribution >= 4 is 0 Å². The standard InChI is InChI=1S/C15H21NO3/c16-9-8-15(18)14(11-17)7-4-10-19-12-13-5-2-1-3-6-13/h1-3,5-6,14-15,17-18H,4,7-8,10-12H2/t14-,15+/m0/s1. The zero-order valence-electron chi connectivity index (χ0n) is 11.0. The second-order valence-electron chi connectivity index (χ2n) is 4.55. The number of hydrogen-bond donors (Lipinski definition) is 2. The number of aliphatic hydroxyl groups excluding tert-OH is 2. The van der Waals surface area contributed by atoms with E-state index in [-0.39, 0.29) is 18.9 Å².